The number of halogens is 3. The molecule has 0 amide bonds. The summed E-state index contributed by atoms with van der Waals surface area (Å²) in [5, 5.41) is 3.28. The summed E-state index contributed by atoms with van der Waals surface area (Å²) in [4.78, 5) is 0. The normalized spacial score (nSPS) is 19.0. The number of ether oxygens (including phenoxy) is 1. The summed E-state index contributed by atoms with van der Waals surface area (Å²) in [5.74, 6) is -0.103. The summed E-state index contributed by atoms with van der Waals surface area (Å²) in [6, 6.07) is 6.28. The Morgan fingerprint density at radius 1 is 1.32 bits per heavy atom. The van der Waals surface area contributed by atoms with Crippen molar-refractivity contribution >= 4 is 0 Å². The topological polar surface area (TPSA) is 21.3 Å². The van der Waals surface area contributed by atoms with Gasteiger partial charge in [-0.1, -0.05) is 32.0 Å². The third-order valence-electron chi connectivity index (χ3n) is 3.60. The molecule has 19 heavy (non-hydrogen) atoms. The minimum Gasteiger partial charge on any atom is -0.405 e. The van der Waals surface area contributed by atoms with Gasteiger partial charge >= 0.3 is 6.36 Å². The zero-order valence-electron chi connectivity index (χ0n) is 11.1. The second kappa shape index (κ2) is 5.04. The van der Waals surface area contributed by atoms with Crippen molar-refractivity contribution in [3.05, 3.63) is 29.8 Å². The second-order valence-corrected chi connectivity index (χ2v) is 5.23. The monoisotopic (exact) mass is 273 g/mol. The van der Waals surface area contributed by atoms with Gasteiger partial charge in [0.15, 0.2) is 0 Å². The van der Waals surface area contributed by atoms with Gasteiger partial charge < -0.3 is 10.1 Å². The summed E-state index contributed by atoms with van der Waals surface area (Å²) in [5.41, 5.74) is 0.614. The molecule has 5 heteroatoms. The first-order valence-electron chi connectivity index (χ1n) is 6.44. The highest BCUT2D eigenvalue weighted by molar-refractivity contribution is 5.38. The lowest BCUT2D eigenvalue weighted by atomic mass is 9.91. The van der Waals surface area contributed by atoms with Crippen molar-refractivity contribution in [3.8, 4) is 5.75 Å². The average Bonchev–Trinajstić information content (AvgIpc) is 3.04. The van der Waals surface area contributed by atoms with E-state index >= 15 is 0 Å². The molecule has 1 N–H and O–H groups in total. The molecule has 1 aliphatic rings. The minimum atomic E-state index is -4.66. The summed E-state index contributed by atoms with van der Waals surface area (Å²) < 4.78 is 41.5. The molecule has 0 spiro atoms. The molecule has 0 aliphatic heterocycles. The summed E-state index contributed by atoms with van der Waals surface area (Å²) >= 11 is 0. The first kappa shape index (κ1) is 14.2. The predicted octanol–water partition coefficient (Wildman–Crippen LogP) is 4.04. The van der Waals surface area contributed by atoms with E-state index in [9.17, 15) is 13.2 Å². The van der Waals surface area contributed by atoms with E-state index < -0.39 is 6.36 Å². The number of hydrogen-bond donors (Lipinski definition) is 1. The maximum Gasteiger partial charge on any atom is 0.573 e. The van der Waals surface area contributed by atoms with Crippen LogP contribution < -0.4 is 10.1 Å². The molecule has 0 saturated heterocycles. The maximum atomic E-state index is 12.4. The Balaban J connectivity index is 2.31. The second-order valence-electron chi connectivity index (χ2n) is 5.23. The summed E-state index contributed by atoms with van der Waals surface area (Å²) in [6.07, 6.45) is -2.62. The quantitative estimate of drug-likeness (QED) is 0.874. The van der Waals surface area contributed by atoms with Gasteiger partial charge in [-0.3, -0.25) is 0 Å². The number of rotatable bonds is 5. The van der Waals surface area contributed by atoms with Crippen LogP contribution >= 0.6 is 0 Å². The Hall–Kier alpha value is -1.23. The molecule has 1 aliphatic carbocycles. The van der Waals surface area contributed by atoms with Gasteiger partial charge in [0.2, 0.25) is 0 Å². The molecule has 1 atom stereocenters. The van der Waals surface area contributed by atoms with E-state index in [2.05, 4.69) is 17.0 Å². The first-order valence-corrected chi connectivity index (χ1v) is 6.44. The molecule has 1 aromatic carbocycles. The highest BCUT2D eigenvalue weighted by atomic mass is 19.4. The fourth-order valence-electron chi connectivity index (χ4n) is 2.36. The van der Waals surface area contributed by atoms with E-state index in [0.717, 1.165) is 12.8 Å². The maximum absolute atomic E-state index is 12.4. The molecular weight excluding hydrogens is 255 g/mol. The fraction of sp³-hybridized carbons (Fsp3) is 0.571. The van der Waals surface area contributed by atoms with Crippen LogP contribution in [0, 0.1) is 5.41 Å². The highest BCUT2D eigenvalue weighted by Gasteiger charge is 2.46. The zero-order chi connectivity index (χ0) is 14.1. The molecule has 1 unspecified atom stereocenters. The Bertz CT molecular complexity index is 441. The van der Waals surface area contributed by atoms with Crippen molar-refractivity contribution in [3.63, 3.8) is 0 Å². The van der Waals surface area contributed by atoms with Crippen LogP contribution in [0.3, 0.4) is 0 Å². The average molecular weight is 273 g/mol. The largest absolute Gasteiger partial charge is 0.573 e. The molecule has 0 radical (unpaired) electrons. The van der Waals surface area contributed by atoms with E-state index in [4.69, 9.17) is 0 Å². The number of para-hydroxylation sites is 1. The Morgan fingerprint density at radius 2 is 1.95 bits per heavy atom. The minimum absolute atomic E-state index is 0.0288. The van der Waals surface area contributed by atoms with Crippen LogP contribution in [-0.4, -0.2) is 12.9 Å². The van der Waals surface area contributed by atoms with Crippen molar-refractivity contribution in [1.29, 1.82) is 0 Å². The Labute approximate surface area is 111 Å². The number of benzene rings is 1. The molecule has 106 valence electrons. The molecule has 1 saturated carbocycles. The van der Waals surface area contributed by atoms with E-state index in [0.29, 0.717) is 12.1 Å². The molecule has 1 fully saturated rings. The van der Waals surface area contributed by atoms with Crippen LogP contribution in [0.2, 0.25) is 0 Å². The van der Waals surface area contributed by atoms with Crippen LogP contribution in [-0.2, 0) is 0 Å². The molecular formula is C14H18F3NO. The molecule has 1 aromatic rings. The lowest BCUT2D eigenvalue weighted by Gasteiger charge is -2.27. The lowest BCUT2D eigenvalue weighted by Crippen LogP contribution is -2.29. The predicted molar refractivity (Wildman–Crippen MR) is 66.9 cm³/mol. The van der Waals surface area contributed by atoms with Gasteiger partial charge in [-0.15, -0.1) is 13.2 Å². The van der Waals surface area contributed by atoms with E-state index in [1.165, 1.54) is 6.07 Å². The smallest absolute Gasteiger partial charge is 0.405 e. The SMILES string of the molecule is CCNC(c1ccccc1OC(F)(F)F)C1(C)CC1. The Kier molecular flexibility index (Phi) is 3.76. The van der Waals surface area contributed by atoms with Crippen molar-refractivity contribution in [2.24, 2.45) is 5.41 Å². The van der Waals surface area contributed by atoms with Crippen LogP contribution in [0.5, 0.6) is 5.75 Å². The van der Waals surface area contributed by atoms with Gasteiger partial charge in [-0.25, -0.2) is 0 Å². The van der Waals surface area contributed by atoms with Gasteiger partial charge in [0.1, 0.15) is 5.75 Å². The number of hydrogen-bond acceptors (Lipinski definition) is 2. The third-order valence-corrected chi connectivity index (χ3v) is 3.60. The molecule has 0 bridgehead atoms. The van der Waals surface area contributed by atoms with Gasteiger partial charge in [-0.2, -0.15) is 0 Å². The van der Waals surface area contributed by atoms with Crippen molar-refractivity contribution < 1.29 is 17.9 Å². The molecule has 2 nitrogen and oxygen atoms in total. The van der Waals surface area contributed by atoms with Gasteiger partial charge in [0.05, 0.1) is 0 Å². The highest BCUT2D eigenvalue weighted by Crippen LogP contribution is 2.55. The van der Waals surface area contributed by atoms with Crippen LogP contribution in [0.15, 0.2) is 24.3 Å². The number of alkyl halides is 3. The van der Waals surface area contributed by atoms with Crippen LogP contribution in [0.25, 0.3) is 0 Å². The Morgan fingerprint density at radius 3 is 2.47 bits per heavy atom. The fourth-order valence-corrected chi connectivity index (χ4v) is 2.36. The third kappa shape index (κ3) is 3.41. The van der Waals surface area contributed by atoms with Crippen LogP contribution in [0.1, 0.15) is 38.3 Å². The summed E-state index contributed by atoms with van der Waals surface area (Å²) in [7, 11) is 0. The molecule has 2 rings (SSSR count). The first-order chi connectivity index (χ1) is 8.86. The van der Waals surface area contributed by atoms with E-state index in [1.54, 1.807) is 18.2 Å². The summed E-state index contributed by atoms with van der Waals surface area (Å²) in [6.45, 7) is 4.75. The zero-order valence-corrected chi connectivity index (χ0v) is 11.1. The van der Waals surface area contributed by atoms with Crippen molar-refractivity contribution in [1.82, 2.24) is 5.32 Å². The van der Waals surface area contributed by atoms with E-state index in [1.807, 2.05) is 6.92 Å². The van der Waals surface area contributed by atoms with Crippen molar-refractivity contribution in [2.45, 2.75) is 39.1 Å². The number of nitrogens with one attached hydrogen (secondary N) is 1. The van der Waals surface area contributed by atoms with Crippen LogP contribution in [0.4, 0.5) is 13.2 Å². The van der Waals surface area contributed by atoms with E-state index in [-0.39, 0.29) is 17.2 Å². The van der Waals surface area contributed by atoms with Gasteiger partial charge in [-0.05, 0) is 30.9 Å². The van der Waals surface area contributed by atoms with Gasteiger partial charge in [0.25, 0.3) is 0 Å². The lowest BCUT2D eigenvalue weighted by molar-refractivity contribution is -0.275. The molecule has 0 heterocycles. The van der Waals surface area contributed by atoms with Crippen molar-refractivity contribution in [2.75, 3.05) is 6.54 Å². The standard InChI is InChI=1S/C14H18F3NO/c1-3-18-12(13(2)8-9-13)10-6-4-5-7-11(10)19-14(15,16)17/h4-7,12,18H,3,8-9H2,1-2H3. The molecule has 0 aromatic heterocycles. The van der Waals surface area contributed by atoms with Gasteiger partial charge in [0, 0.05) is 11.6 Å².